The molecule has 0 atom stereocenters. The van der Waals surface area contributed by atoms with E-state index in [1.807, 2.05) is 0 Å². The monoisotopic (exact) mass is 249 g/mol. The molecule has 7 heteroatoms. The highest BCUT2D eigenvalue weighted by Gasteiger charge is 2.09. The van der Waals surface area contributed by atoms with Gasteiger partial charge in [0.25, 0.3) is 11.5 Å². The Morgan fingerprint density at radius 2 is 2.17 bits per heavy atom. The van der Waals surface area contributed by atoms with E-state index in [4.69, 9.17) is 5.11 Å². The standard InChI is InChI=1S/C11H8FN3O3/c12-7-2-1-3-8(13-7)14-11(18)6-4-9(16)15-10(17)5-6/h1-5H,(H,13,14,18)(H2,15,16,17). The second kappa shape index (κ2) is 4.66. The third kappa shape index (κ3) is 2.70. The maximum Gasteiger partial charge on any atom is 0.257 e. The van der Waals surface area contributed by atoms with Crippen LogP contribution < -0.4 is 10.9 Å². The van der Waals surface area contributed by atoms with Gasteiger partial charge in [-0.2, -0.15) is 4.39 Å². The number of carbonyl (C=O) groups excluding carboxylic acids is 1. The molecule has 0 bridgehead atoms. The zero-order valence-corrected chi connectivity index (χ0v) is 8.98. The van der Waals surface area contributed by atoms with E-state index >= 15 is 0 Å². The molecule has 0 saturated carbocycles. The van der Waals surface area contributed by atoms with Crippen LogP contribution in [0, 0.1) is 5.95 Å². The molecule has 0 radical (unpaired) electrons. The molecule has 0 unspecified atom stereocenters. The maximum absolute atomic E-state index is 12.8. The van der Waals surface area contributed by atoms with Crippen LogP contribution in [0.25, 0.3) is 0 Å². The van der Waals surface area contributed by atoms with Crippen molar-refractivity contribution in [2.75, 3.05) is 5.32 Å². The topological polar surface area (TPSA) is 95.1 Å². The molecule has 0 fully saturated rings. The number of anilines is 1. The SMILES string of the molecule is O=C(Nc1cccc(F)n1)c1cc(O)[nH]c(=O)c1. The maximum atomic E-state index is 12.8. The summed E-state index contributed by atoms with van der Waals surface area (Å²) in [5.74, 6) is -1.82. The van der Waals surface area contributed by atoms with Gasteiger partial charge in [-0.3, -0.25) is 14.6 Å². The van der Waals surface area contributed by atoms with Crippen LogP contribution in [0.2, 0.25) is 0 Å². The second-order valence-electron chi connectivity index (χ2n) is 3.42. The summed E-state index contributed by atoms with van der Waals surface area (Å²) in [4.78, 5) is 28.3. The summed E-state index contributed by atoms with van der Waals surface area (Å²) in [5, 5.41) is 11.4. The Morgan fingerprint density at radius 1 is 1.39 bits per heavy atom. The predicted molar refractivity (Wildman–Crippen MR) is 60.9 cm³/mol. The smallest absolute Gasteiger partial charge is 0.257 e. The number of hydrogen-bond donors (Lipinski definition) is 3. The molecule has 0 aliphatic rings. The normalized spacial score (nSPS) is 10.1. The number of H-pyrrole nitrogens is 1. The van der Waals surface area contributed by atoms with E-state index in [1.54, 1.807) is 0 Å². The number of amides is 1. The number of hydrogen-bond acceptors (Lipinski definition) is 4. The van der Waals surface area contributed by atoms with Crippen molar-refractivity contribution in [2.24, 2.45) is 0 Å². The highest BCUT2D eigenvalue weighted by Crippen LogP contribution is 2.08. The fourth-order valence-electron chi connectivity index (χ4n) is 1.33. The molecule has 1 amide bonds. The Labute approximate surface area is 100 Å². The summed E-state index contributed by atoms with van der Waals surface area (Å²) in [5.41, 5.74) is -0.672. The lowest BCUT2D eigenvalue weighted by atomic mass is 10.2. The van der Waals surface area contributed by atoms with Gasteiger partial charge in [0.1, 0.15) is 5.82 Å². The lowest BCUT2D eigenvalue weighted by Crippen LogP contribution is -2.16. The average molecular weight is 249 g/mol. The average Bonchev–Trinajstić information content (AvgIpc) is 2.27. The van der Waals surface area contributed by atoms with Gasteiger partial charge >= 0.3 is 0 Å². The van der Waals surface area contributed by atoms with Crippen molar-refractivity contribution < 1.29 is 14.3 Å². The molecule has 2 rings (SSSR count). The molecular formula is C11H8FN3O3. The van der Waals surface area contributed by atoms with Crippen LogP contribution in [-0.4, -0.2) is 21.0 Å². The summed E-state index contributed by atoms with van der Waals surface area (Å²) in [6.45, 7) is 0. The van der Waals surface area contributed by atoms with Crippen LogP contribution in [0.15, 0.2) is 35.1 Å². The van der Waals surface area contributed by atoms with Gasteiger partial charge in [0.05, 0.1) is 5.56 Å². The van der Waals surface area contributed by atoms with Crippen LogP contribution in [0.3, 0.4) is 0 Å². The Hall–Kier alpha value is -2.70. The van der Waals surface area contributed by atoms with Gasteiger partial charge in [-0.1, -0.05) is 6.07 Å². The van der Waals surface area contributed by atoms with E-state index in [-0.39, 0.29) is 11.4 Å². The quantitative estimate of drug-likeness (QED) is 0.688. The van der Waals surface area contributed by atoms with Gasteiger partial charge in [-0.05, 0) is 12.1 Å². The van der Waals surface area contributed by atoms with Gasteiger partial charge in [0.2, 0.25) is 5.95 Å². The Balaban J connectivity index is 2.24. The van der Waals surface area contributed by atoms with Crippen LogP contribution in [0.4, 0.5) is 10.2 Å². The van der Waals surface area contributed by atoms with E-state index in [1.165, 1.54) is 12.1 Å². The minimum atomic E-state index is -0.735. The number of aromatic amines is 1. The van der Waals surface area contributed by atoms with Crippen molar-refractivity contribution in [1.29, 1.82) is 0 Å². The first-order chi connectivity index (χ1) is 8.54. The molecule has 2 aromatic rings. The minimum Gasteiger partial charge on any atom is -0.494 e. The first-order valence-corrected chi connectivity index (χ1v) is 4.92. The number of aromatic nitrogens is 2. The molecule has 92 valence electrons. The van der Waals surface area contributed by atoms with Crippen molar-refractivity contribution in [1.82, 2.24) is 9.97 Å². The number of halogens is 1. The number of nitrogens with one attached hydrogen (secondary N) is 2. The number of rotatable bonds is 2. The van der Waals surface area contributed by atoms with Crippen LogP contribution in [0.5, 0.6) is 5.88 Å². The number of nitrogens with zero attached hydrogens (tertiary/aromatic N) is 1. The van der Waals surface area contributed by atoms with Crippen LogP contribution in [-0.2, 0) is 0 Å². The second-order valence-corrected chi connectivity index (χ2v) is 3.42. The lowest BCUT2D eigenvalue weighted by molar-refractivity contribution is 0.102. The Kier molecular flexibility index (Phi) is 3.05. The molecule has 6 nitrogen and oxygen atoms in total. The van der Waals surface area contributed by atoms with Crippen molar-refractivity contribution in [3.8, 4) is 5.88 Å². The van der Waals surface area contributed by atoms with Gasteiger partial charge in [0, 0.05) is 12.1 Å². The fraction of sp³-hybridized carbons (Fsp3) is 0. The Morgan fingerprint density at radius 3 is 2.83 bits per heavy atom. The molecule has 0 aliphatic heterocycles. The van der Waals surface area contributed by atoms with E-state index < -0.39 is 23.3 Å². The number of pyridine rings is 2. The van der Waals surface area contributed by atoms with Gasteiger partial charge in [-0.15, -0.1) is 0 Å². The van der Waals surface area contributed by atoms with E-state index in [9.17, 15) is 14.0 Å². The first-order valence-electron chi connectivity index (χ1n) is 4.92. The molecule has 3 N–H and O–H groups in total. The van der Waals surface area contributed by atoms with Crippen LogP contribution in [0.1, 0.15) is 10.4 Å². The van der Waals surface area contributed by atoms with E-state index in [0.717, 1.165) is 18.2 Å². The van der Waals surface area contributed by atoms with Crippen molar-refractivity contribution in [2.45, 2.75) is 0 Å². The molecular weight excluding hydrogens is 241 g/mol. The summed E-state index contributed by atoms with van der Waals surface area (Å²) >= 11 is 0. The number of carbonyl (C=O) groups is 1. The highest BCUT2D eigenvalue weighted by atomic mass is 19.1. The van der Waals surface area contributed by atoms with E-state index in [0.29, 0.717) is 0 Å². The third-order valence-corrected chi connectivity index (χ3v) is 2.05. The molecule has 0 aromatic carbocycles. The molecule has 2 aromatic heterocycles. The zero-order valence-electron chi connectivity index (χ0n) is 8.98. The largest absolute Gasteiger partial charge is 0.494 e. The summed E-state index contributed by atoms with van der Waals surface area (Å²) < 4.78 is 12.8. The van der Waals surface area contributed by atoms with Crippen molar-refractivity contribution >= 4 is 11.7 Å². The highest BCUT2D eigenvalue weighted by molar-refractivity contribution is 6.03. The predicted octanol–water partition coefficient (Wildman–Crippen LogP) is 0.867. The first kappa shape index (κ1) is 11.8. The van der Waals surface area contributed by atoms with Crippen molar-refractivity contribution in [3.05, 3.63) is 52.2 Å². The lowest BCUT2D eigenvalue weighted by Gasteiger charge is -2.04. The molecule has 0 aliphatic carbocycles. The van der Waals surface area contributed by atoms with Gasteiger partial charge in [-0.25, -0.2) is 4.98 Å². The summed E-state index contributed by atoms with van der Waals surface area (Å²) in [6.07, 6.45) is 0. The fourth-order valence-corrected chi connectivity index (χ4v) is 1.33. The third-order valence-electron chi connectivity index (χ3n) is 2.05. The zero-order chi connectivity index (χ0) is 13.1. The summed E-state index contributed by atoms with van der Waals surface area (Å²) in [6, 6.07) is 6.00. The van der Waals surface area contributed by atoms with Gasteiger partial charge < -0.3 is 10.4 Å². The number of aromatic hydroxyl groups is 1. The van der Waals surface area contributed by atoms with Gasteiger partial charge in [0.15, 0.2) is 5.88 Å². The molecule has 18 heavy (non-hydrogen) atoms. The minimum absolute atomic E-state index is 0.0137. The van der Waals surface area contributed by atoms with Crippen molar-refractivity contribution in [3.63, 3.8) is 0 Å². The van der Waals surface area contributed by atoms with E-state index in [2.05, 4.69) is 15.3 Å². The molecule has 0 saturated heterocycles. The van der Waals surface area contributed by atoms with Crippen LogP contribution >= 0.6 is 0 Å². The Bertz CT molecular complexity index is 654. The molecule has 2 heterocycles. The molecule has 0 spiro atoms. The summed E-state index contributed by atoms with van der Waals surface area (Å²) in [7, 11) is 0.